The Morgan fingerprint density at radius 2 is 2.56 bits per heavy atom. The van der Waals surface area contributed by atoms with Gasteiger partial charge in [0.15, 0.2) is 0 Å². The fourth-order valence-electron chi connectivity index (χ4n) is 0.652. The molecule has 0 fully saturated rings. The molecule has 1 atom stereocenters. The first-order chi connectivity index (χ1) is 4.34. The van der Waals surface area contributed by atoms with Crippen LogP contribution in [0.1, 0.15) is 31.2 Å². The first-order valence-electron chi connectivity index (χ1n) is 3.24. The summed E-state index contributed by atoms with van der Waals surface area (Å²) in [5.41, 5.74) is 0. The maximum atomic E-state index is 4.21. The van der Waals surface area contributed by atoms with Gasteiger partial charge in [0.25, 0.3) is 0 Å². The van der Waals surface area contributed by atoms with Gasteiger partial charge in [-0.25, -0.2) is 4.98 Å². The zero-order valence-corrected chi connectivity index (χ0v) is 6.61. The topological polar surface area (TPSA) is 12.9 Å². The fourth-order valence-corrected chi connectivity index (χ4v) is 1.43. The Morgan fingerprint density at radius 3 is 3.00 bits per heavy atom. The summed E-state index contributed by atoms with van der Waals surface area (Å²) in [5, 5.41) is 3.29. The van der Waals surface area contributed by atoms with Crippen LogP contribution in [0.2, 0.25) is 0 Å². The van der Waals surface area contributed by atoms with E-state index in [-0.39, 0.29) is 0 Å². The van der Waals surface area contributed by atoms with Crippen molar-refractivity contribution in [3.8, 4) is 0 Å². The SMILES string of the molecule is CC[C@H](C)c1nccs1. The highest BCUT2D eigenvalue weighted by atomic mass is 32.1. The van der Waals surface area contributed by atoms with Crippen molar-refractivity contribution in [3.63, 3.8) is 0 Å². The smallest absolute Gasteiger partial charge is 0.0952 e. The average Bonchev–Trinajstić information content (AvgIpc) is 2.37. The van der Waals surface area contributed by atoms with Gasteiger partial charge in [0, 0.05) is 17.5 Å². The minimum atomic E-state index is 0.644. The van der Waals surface area contributed by atoms with Crippen LogP contribution >= 0.6 is 11.3 Å². The molecular weight excluding hydrogens is 130 g/mol. The summed E-state index contributed by atoms with van der Waals surface area (Å²) in [7, 11) is 0. The molecule has 0 amide bonds. The molecule has 0 N–H and O–H groups in total. The standard InChI is InChI=1S/C7H11NS/c1-3-6(2)7-8-4-5-9-7/h4-6H,3H2,1-2H3/t6-/m0/s1. The van der Waals surface area contributed by atoms with Crippen LogP contribution in [0.4, 0.5) is 0 Å². The van der Waals surface area contributed by atoms with Gasteiger partial charge in [-0.3, -0.25) is 0 Å². The molecule has 0 spiro atoms. The Morgan fingerprint density at radius 1 is 1.78 bits per heavy atom. The van der Waals surface area contributed by atoms with Crippen LogP contribution in [0, 0.1) is 0 Å². The third-order valence-electron chi connectivity index (χ3n) is 1.49. The van der Waals surface area contributed by atoms with Gasteiger partial charge in [-0.05, 0) is 6.42 Å². The molecule has 1 aromatic rings. The second-order valence-corrected chi connectivity index (χ2v) is 3.11. The Labute approximate surface area is 59.8 Å². The van der Waals surface area contributed by atoms with E-state index in [2.05, 4.69) is 18.8 Å². The molecule has 0 saturated carbocycles. The lowest BCUT2D eigenvalue weighted by molar-refractivity contribution is 0.727. The summed E-state index contributed by atoms with van der Waals surface area (Å²) in [5.74, 6) is 0.644. The van der Waals surface area contributed by atoms with Crippen molar-refractivity contribution in [2.24, 2.45) is 0 Å². The quantitative estimate of drug-likeness (QED) is 0.617. The highest BCUT2D eigenvalue weighted by molar-refractivity contribution is 7.09. The third kappa shape index (κ3) is 1.52. The molecule has 1 nitrogen and oxygen atoms in total. The van der Waals surface area contributed by atoms with E-state index in [1.807, 2.05) is 11.6 Å². The van der Waals surface area contributed by atoms with Crippen molar-refractivity contribution in [3.05, 3.63) is 16.6 Å². The van der Waals surface area contributed by atoms with Gasteiger partial charge in [-0.1, -0.05) is 13.8 Å². The average molecular weight is 141 g/mol. The normalized spacial score (nSPS) is 13.6. The molecular formula is C7H11NS. The molecule has 0 aliphatic heterocycles. The zero-order valence-electron chi connectivity index (χ0n) is 5.79. The second kappa shape index (κ2) is 2.97. The molecule has 9 heavy (non-hydrogen) atoms. The third-order valence-corrected chi connectivity index (χ3v) is 2.49. The molecule has 0 saturated heterocycles. The minimum Gasteiger partial charge on any atom is -0.249 e. The molecule has 0 radical (unpaired) electrons. The molecule has 1 aromatic heterocycles. The van der Waals surface area contributed by atoms with Crippen LogP contribution in [0.3, 0.4) is 0 Å². The van der Waals surface area contributed by atoms with Crippen LogP contribution in [-0.2, 0) is 0 Å². The predicted molar refractivity (Wildman–Crippen MR) is 40.8 cm³/mol. The van der Waals surface area contributed by atoms with E-state index < -0.39 is 0 Å². The molecule has 0 bridgehead atoms. The molecule has 0 aromatic carbocycles. The summed E-state index contributed by atoms with van der Waals surface area (Å²) in [6.07, 6.45) is 3.06. The number of aromatic nitrogens is 1. The monoisotopic (exact) mass is 141 g/mol. The van der Waals surface area contributed by atoms with Crippen LogP contribution in [0.25, 0.3) is 0 Å². The number of rotatable bonds is 2. The summed E-state index contributed by atoms with van der Waals surface area (Å²) < 4.78 is 0. The van der Waals surface area contributed by atoms with Crippen molar-refractivity contribution in [2.75, 3.05) is 0 Å². The zero-order chi connectivity index (χ0) is 6.69. The number of thiazole rings is 1. The van der Waals surface area contributed by atoms with E-state index in [1.54, 1.807) is 11.3 Å². The molecule has 1 heterocycles. The van der Waals surface area contributed by atoms with E-state index in [9.17, 15) is 0 Å². The van der Waals surface area contributed by atoms with Crippen molar-refractivity contribution in [2.45, 2.75) is 26.2 Å². The number of hydrogen-bond donors (Lipinski definition) is 0. The van der Waals surface area contributed by atoms with Crippen molar-refractivity contribution in [1.29, 1.82) is 0 Å². The Hall–Kier alpha value is -0.370. The second-order valence-electron chi connectivity index (χ2n) is 2.18. The summed E-state index contributed by atoms with van der Waals surface area (Å²) in [6, 6.07) is 0. The molecule has 0 aliphatic rings. The van der Waals surface area contributed by atoms with E-state index >= 15 is 0 Å². The molecule has 0 unspecified atom stereocenters. The highest BCUT2D eigenvalue weighted by Gasteiger charge is 2.02. The molecule has 2 heteroatoms. The lowest BCUT2D eigenvalue weighted by Gasteiger charge is -2.00. The Kier molecular flexibility index (Phi) is 2.22. The van der Waals surface area contributed by atoms with Crippen molar-refractivity contribution >= 4 is 11.3 Å². The largest absolute Gasteiger partial charge is 0.249 e. The van der Waals surface area contributed by atoms with Gasteiger partial charge in [0.05, 0.1) is 5.01 Å². The fraction of sp³-hybridized carbons (Fsp3) is 0.571. The van der Waals surface area contributed by atoms with Crippen molar-refractivity contribution in [1.82, 2.24) is 4.98 Å². The van der Waals surface area contributed by atoms with Gasteiger partial charge >= 0.3 is 0 Å². The number of hydrogen-bond acceptors (Lipinski definition) is 2. The summed E-state index contributed by atoms with van der Waals surface area (Å²) in [4.78, 5) is 4.21. The van der Waals surface area contributed by atoms with Gasteiger partial charge in [0.1, 0.15) is 0 Å². The van der Waals surface area contributed by atoms with Crippen molar-refractivity contribution < 1.29 is 0 Å². The van der Waals surface area contributed by atoms with Gasteiger partial charge in [-0.2, -0.15) is 0 Å². The first-order valence-corrected chi connectivity index (χ1v) is 4.12. The maximum Gasteiger partial charge on any atom is 0.0952 e. The lowest BCUT2D eigenvalue weighted by Crippen LogP contribution is -1.87. The summed E-state index contributed by atoms with van der Waals surface area (Å²) in [6.45, 7) is 4.39. The Balaban J connectivity index is 2.65. The van der Waals surface area contributed by atoms with Gasteiger partial charge in [-0.15, -0.1) is 11.3 Å². The van der Waals surface area contributed by atoms with Gasteiger partial charge < -0.3 is 0 Å². The van der Waals surface area contributed by atoms with Gasteiger partial charge in [0.2, 0.25) is 0 Å². The van der Waals surface area contributed by atoms with Crippen LogP contribution in [0.15, 0.2) is 11.6 Å². The number of nitrogens with zero attached hydrogens (tertiary/aromatic N) is 1. The maximum absolute atomic E-state index is 4.21. The Bertz CT molecular complexity index is 157. The molecule has 50 valence electrons. The van der Waals surface area contributed by atoms with E-state index in [1.165, 1.54) is 11.4 Å². The lowest BCUT2D eigenvalue weighted by atomic mass is 10.1. The predicted octanol–water partition coefficient (Wildman–Crippen LogP) is 2.66. The van der Waals surface area contributed by atoms with E-state index in [4.69, 9.17) is 0 Å². The van der Waals surface area contributed by atoms with Crippen LogP contribution < -0.4 is 0 Å². The van der Waals surface area contributed by atoms with Crippen LogP contribution in [0.5, 0.6) is 0 Å². The first kappa shape index (κ1) is 6.75. The molecule has 0 aliphatic carbocycles. The minimum absolute atomic E-state index is 0.644. The highest BCUT2D eigenvalue weighted by Crippen LogP contribution is 2.19. The van der Waals surface area contributed by atoms with E-state index in [0.717, 1.165) is 0 Å². The van der Waals surface area contributed by atoms with E-state index in [0.29, 0.717) is 5.92 Å². The molecule has 1 rings (SSSR count). The van der Waals surface area contributed by atoms with Crippen LogP contribution in [-0.4, -0.2) is 4.98 Å². The summed E-state index contributed by atoms with van der Waals surface area (Å²) >= 11 is 1.74.